The van der Waals surface area contributed by atoms with E-state index in [0.717, 1.165) is 83.4 Å². The van der Waals surface area contributed by atoms with Crippen LogP contribution in [0.4, 0.5) is 0 Å². The zero-order valence-corrected chi connectivity index (χ0v) is 36.0. The Labute approximate surface area is 327 Å². The van der Waals surface area contributed by atoms with Gasteiger partial charge in [0, 0.05) is 12.8 Å². The summed E-state index contributed by atoms with van der Waals surface area (Å²) in [5, 5.41) is 24.0. The summed E-state index contributed by atoms with van der Waals surface area (Å²) in [4.78, 5) is 0. The van der Waals surface area contributed by atoms with Crippen LogP contribution in [0.2, 0.25) is 0 Å². The largest absolute Gasteiger partial charge is 0.507 e. The number of hydrogen-bond donors (Lipinski definition) is 2. The van der Waals surface area contributed by atoms with Crippen LogP contribution >= 0.6 is 0 Å². The maximum Gasteiger partial charge on any atom is 0.125 e. The maximum absolute atomic E-state index is 12.0. The summed E-state index contributed by atoms with van der Waals surface area (Å²) >= 11 is 0. The van der Waals surface area contributed by atoms with Crippen LogP contribution in [-0.4, -0.2) is 24.4 Å². The third kappa shape index (κ3) is 9.12. The first-order chi connectivity index (χ1) is 25.0. The van der Waals surface area contributed by atoms with Gasteiger partial charge in [-0.25, -0.2) is 0 Å². The average molecular weight is 733 g/mol. The molecule has 0 fully saturated rings. The van der Waals surface area contributed by atoms with Crippen molar-refractivity contribution in [3.8, 4) is 23.0 Å². The minimum atomic E-state index is -0.0824. The van der Waals surface area contributed by atoms with E-state index in [1.54, 1.807) is 14.2 Å². The highest BCUT2D eigenvalue weighted by atomic mass is 16.5. The lowest BCUT2D eigenvalue weighted by Gasteiger charge is -2.26. The standard InChI is InChI=1S/C50H68O4/c1-47(2,3)39-23-31-17-15-19-33-25-42(50(10,11)12)30-38(46(33)54-14)22-36-28-40(48(4,5)6)24-32(44(36)52)18-16-20-34-26-41(49(7,8)9)29-37(45(34)53-13)21-35(27-39)43(31)51/h23-30,51-52H,15-22H2,1-14H3. The summed E-state index contributed by atoms with van der Waals surface area (Å²) in [7, 11) is 3.54. The van der Waals surface area contributed by atoms with Gasteiger partial charge < -0.3 is 19.7 Å². The summed E-state index contributed by atoms with van der Waals surface area (Å²) in [5.41, 5.74) is 13.0. The molecule has 54 heavy (non-hydrogen) atoms. The Kier molecular flexibility index (Phi) is 11.7. The van der Waals surface area contributed by atoms with E-state index in [9.17, 15) is 10.2 Å². The van der Waals surface area contributed by atoms with Crippen LogP contribution in [0.1, 0.15) is 163 Å². The van der Waals surface area contributed by atoms with E-state index >= 15 is 0 Å². The first kappa shape index (κ1) is 41.2. The molecule has 5 rings (SSSR count). The number of rotatable bonds is 2. The Morgan fingerprint density at radius 2 is 0.611 bits per heavy atom. The van der Waals surface area contributed by atoms with Crippen molar-refractivity contribution in [3.63, 3.8) is 0 Å². The molecule has 8 bridgehead atoms. The van der Waals surface area contributed by atoms with Gasteiger partial charge in [-0.2, -0.15) is 0 Å². The number of ether oxygens (including phenoxy) is 2. The Morgan fingerprint density at radius 1 is 0.370 bits per heavy atom. The van der Waals surface area contributed by atoms with Crippen LogP contribution in [0.15, 0.2) is 48.5 Å². The van der Waals surface area contributed by atoms with Crippen molar-refractivity contribution in [2.45, 2.75) is 156 Å². The van der Waals surface area contributed by atoms with Crippen LogP contribution in [0.25, 0.3) is 0 Å². The summed E-state index contributed by atoms with van der Waals surface area (Å²) < 4.78 is 12.5. The summed E-state index contributed by atoms with van der Waals surface area (Å²) in [6, 6.07) is 18.0. The lowest BCUT2D eigenvalue weighted by atomic mass is 9.80. The number of methoxy groups -OCH3 is 2. The van der Waals surface area contributed by atoms with Gasteiger partial charge in [-0.15, -0.1) is 0 Å². The van der Waals surface area contributed by atoms with E-state index in [0.29, 0.717) is 24.3 Å². The zero-order valence-electron chi connectivity index (χ0n) is 36.0. The molecule has 0 unspecified atom stereocenters. The molecular formula is C50H68O4. The fourth-order valence-electron chi connectivity index (χ4n) is 7.92. The van der Waals surface area contributed by atoms with Gasteiger partial charge in [-0.05, 0) is 127 Å². The second-order valence-electron chi connectivity index (χ2n) is 20.0. The molecule has 0 saturated carbocycles. The number of fused-ring (bicyclic) bond motifs is 8. The Bertz CT molecular complexity index is 1840. The molecule has 0 heterocycles. The SMILES string of the molecule is COc1c2cc(C(C)(C)C)cc1Cc1cc(C(C)(C)C)cc(c1O)CCCc1cc(C(C)(C)C)cc(c1OC)Cc1cc(C(C)(C)C)cc(c1O)CCC2. The fraction of sp³-hybridized carbons (Fsp3) is 0.520. The van der Waals surface area contributed by atoms with Gasteiger partial charge in [0.2, 0.25) is 0 Å². The van der Waals surface area contributed by atoms with Crippen molar-refractivity contribution < 1.29 is 19.7 Å². The number of phenols is 2. The second kappa shape index (κ2) is 15.3. The zero-order chi connectivity index (χ0) is 40.0. The van der Waals surface area contributed by atoms with Crippen LogP contribution < -0.4 is 9.47 Å². The fourth-order valence-corrected chi connectivity index (χ4v) is 7.92. The first-order valence-corrected chi connectivity index (χ1v) is 20.1. The molecule has 4 heteroatoms. The highest BCUT2D eigenvalue weighted by molar-refractivity contribution is 5.55. The van der Waals surface area contributed by atoms with Crippen molar-refractivity contribution in [1.29, 1.82) is 0 Å². The van der Waals surface area contributed by atoms with Gasteiger partial charge in [-0.1, -0.05) is 132 Å². The first-order valence-electron chi connectivity index (χ1n) is 20.1. The lowest BCUT2D eigenvalue weighted by Crippen LogP contribution is -2.15. The van der Waals surface area contributed by atoms with Gasteiger partial charge in [0.1, 0.15) is 23.0 Å². The second-order valence-corrected chi connectivity index (χ2v) is 20.0. The molecule has 292 valence electrons. The summed E-state index contributed by atoms with van der Waals surface area (Å²) in [5.74, 6) is 2.57. The van der Waals surface area contributed by atoms with E-state index in [2.05, 4.69) is 132 Å². The van der Waals surface area contributed by atoms with E-state index in [4.69, 9.17) is 9.47 Å². The normalized spacial score (nSPS) is 14.8. The van der Waals surface area contributed by atoms with E-state index in [1.807, 2.05) is 0 Å². The molecule has 0 aliphatic heterocycles. The predicted molar refractivity (Wildman–Crippen MR) is 227 cm³/mol. The quantitative estimate of drug-likeness (QED) is 0.215. The van der Waals surface area contributed by atoms with Crippen LogP contribution in [0.3, 0.4) is 0 Å². The number of phenolic OH excluding ortho intramolecular Hbond substituents is 2. The highest BCUT2D eigenvalue weighted by Gasteiger charge is 2.26. The van der Waals surface area contributed by atoms with E-state index < -0.39 is 0 Å². The van der Waals surface area contributed by atoms with Gasteiger partial charge in [0.25, 0.3) is 0 Å². The molecule has 0 atom stereocenters. The third-order valence-corrected chi connectivity index (χ3v) is 11.4. The summed E-state index contributed by atoms with van der Waals surface area (Å²) in [6.07, 6.45) is 5.94. The molecule has 2 N–H and O–H groups in total. The molecule has 0 saturated heterocycles. The van der Waals surface area contributed by atoms with E-state index in [-0.39, 0.29) is 21.7 Å². The van der Waals surface area contributed by atoms with Gasteiger partial charge >= 0.3 is 0 Å². The highest BCUT2D eigenvalue weighted by Crippen LogP contribution is 2.41. The monoisotopic (exact) mass is 733 g/mol. The predicted octanol–water partition coefficient (Wildman–Crippen LogP) is 12.2. The van der Waals surface area contributed by atoms with E-state index in [1.165, 1.54) is 33.4 Å². The maximum atomic E-state index is 12.0. The van der Waals surface area contributed by atoms with Crippen LogP contribution in [0, 0.1) is 0 Å². The molecule has 4 aromatic carbocycles. The molecule has 0 amide bonds. The Balaban J connectivity index is 1.75. The van der Waals surface area contributed by atoms with Crippen molar-refractivity contribution in [1.82, 2.24) is 0 Å². The molecule has 0 radical (unpaired) electrons. The smallest absolute Gasteiger partial charge is 0.125 e. The van der Waals surface area contributed by atoms with Gasteiger partial charge in [0.05, 0.1) is 14.2 Å². The molecule has 0 aromatic heterocycles. The number of benzene rings is 4. The molecule has 1 aliphatic carbocycles. The topological polar surface area (TPSA) is 58.9 Å². The average Bonchev–Trinajstić information content (AvgIpc) is 3.05. The van der Waals surface area contributed by atoms with Crippen molar-refractivity contribution in [3.05, 3.63) is 115 Å². The van der Waals surface area contributed by atoms with Crippen molar-refractivity contribution in [2.75, 3.05) is 14.2 Å². The third-order valence-electron chi connectivity index (χ3n) is 11.4. The minimum absolute atomic E-state index is 0.0675. The molecular weight excluding hydrogens is 665 g/mol. The van der Waals surface area contributed by atoms with Crippen molar-refractivity contribution in [2.24, 2.45) is 0 Å². The number of hydrogen-bond acceptors (Lipinski definition) is 4. The minimum Gasteiger partial charge on any atom is -0.507 e. The van der Waals surface area contributed by atoms with Crippen LogP contribution in [0.5, 0.6) is 23.0 Å². The van der Waals surface area contributed by atoms with Crippen LogP contribution in [-0.2, 0) is 60.2 Å². The molecule has 4 aromatic rings. The Morgan fingerprint density at radius 3 is 0.889 bits per heavy atom. The Hall–Kier alpha value is -3.92. The molecule has 0 spiro atoms. The van der Waals surface area contributed by atoms with Gasteiger partial charge in [0.15, 0.2) is 0 Å². The lowest BCUT2D eigenvalue weighted by molar-refractivity contribution is 0.402. The summed E-state index contributed by atoms with van der Waals surface area (Å²) in [6.45, 7) is 27.0. The van der Waals surface area contributed by atoms with Crippen molar-refractivity contribution >= 4 is 0 Å². The molecule has 1 aliphatic rings. The van der Waals surface area contributed by atoms with Gasteiger partial charge in [-0.3, -0.25) is 0 Å². The number of aromatic hydroxyl groups is 2. The number of aryl methyl sites for hydroxylation is 4. The molecule has 4 nitrogen and oxygen atoms in total.